The highest BCUT2D eigenvalue weighted by Crippen LogP contribution is 2.19. The highest BCUT2D eigenvalue weighted by molar-refractivity contribution is 5.85. The predicted octanol–water partition coefficient (Wildman–Crippen LogP) is -0.107. The average molecular weight is 336 g/mol. The summed E-state index contributed by atoms with van der Waals surface area (Å²) in [7, 11) is 0. The molecule has 1 saturated heterocycles. The third kappa shape index (κ3) is 3.65. The van der Waals surface area contributed by atoms with Gasteiger partial charge in [0.15, 0.2) is 11.5 Å². The number of aliphatic hydroxyl groups is 1. The Bertz CT molecular complexity index is 571. The molecule has 0 unspecified atom stereocenters. The molecule has 4 N–H and O–H groups in total. The molecule has 0 radical (unpaired) electrons. The van der Waals surface area contributed by atoms with Gasteiger partial charge in [-0.2, -0.15) is 4.98 Å². The summed E-state index contributed by atoms with van der Waals surface area (Å²) < 4.78 is 0. The molecule has 3 heterocycles. The second-order valence-corrected chi connectivity index (χ2v) is 4.57. The molecule has 2 aromatic heterocycles. The smallest absolute Gasteiger partial charge is 0.205 e. The lowest BCUT2D eigenvalue weighted by molar-refractivity contribution is 0.188. The SMILES string of the molecule is Cl.Cl.Nc1ncnc2nc(N3CCN(CCO)CC3)[nH]c12. The Labute approximate surface area is 134 Å². The van der Waals surface area contributed by atoms with Crippen LogP contribution < -0.4 is 10.6 Å². The topological polar surface area (TPSA) is 107 Å². The van der Waals surface area contributed by atoms with E-state index in [4.69, 9.17) is 10.8 Å². The molecule has 2 aromatic rings. The van der Waals surface area contributed by atoms with E-state index in [-0.39, 0.29) is 31.4 Å². The first-order chi connectivity index (χ1) is 9.28. The van der Waals surface area contributed by atoms with Crippen molar-refractivity contribution in [2.75, 3.05) is 50.0 Å². The van der Waals surface area contributed by atoms with Gasteiger partial charge in [-0.1, -0.05) is 0 Å². The van der Waals surface area contributed by atoms with Gasteiger partial charge in [-0.15, -0.1) is 24.8 Å². The molecule has 21 heavy (non-hydrogen) atoms. The normalized spacial score (nSPS) is 15.6. The first kappa shape index (κ1) is 17.7. The number of nitrogen functional groups attached to an aromatic ring is 1. The summed E-state index contributed by atoms with van der Waals surface area (Å²) in [5.74, 6) is 1.20. The van der Waals surface area contributed by atoms with E-state index in [9.17, 15) is 0 Å². The maximum Gasteiger partial charge on any atom is 0.205 e. The molecule has 3 rings (SSSR count). The number of fused-ring (bicyclic) bond motifs is 1. The molecule has 0 saturated carbocycles. The van der Waals surface area contributed by atoms with Gasteiger partial charge in [0.05, 0.1) is 6.61 Å². The number of piperazine rings is 1. The van der Waals surface area contributed by atoms with Crippen LogP contribution in [-0.4, -0.2) is 69.3 Å². The van der Waals surface area contributed by atoms with E-state index >= 15 is 0 Å². The number of H-pyrrole nitrogens is 1. The monoisotopic (exact) mass is 335 g/mol. The van der Waals surface area contributed by atoms with Gasteiger partial charge in [0.1, 0.15) is 11.8 Å². The van der Waals surface area contributed by atoms with E-state index in [1.54, 1.807) is 0 Å². The summed E-state index contributed by atoms with van der Waals surface area (Å²) in [6, 6.07) is 0. The summed E-state index contributed by atoms with van der Waals surface area (Å²) in [6.07, 6.45) is 1.42. The highest BCUT2D eigenvalue weighted by atomic mass is 35.5. The van der Waals surface area contributed by atoms with Gasteiger partial charge in [-0.3, -0.25) is 4.90 Å². The van der Waals surface area contributed by atoms with E-state index in [0.29, 0.717) is 17.0 Å². The number of imidazole rings is 1. The number of anilines is 2. The fourth-order valence-electron chi connectivity index (χ4n) is 2.31. The van der Waals surface area contributed by atoms with E-state index in [1.165, 1.54) is 6.33 Å². The van der Waals surface area contributed by atoms with Crippen LogP contribution in [0.4, 0.5) is 11.8 Å². The summed E-state index contributed by atoms with van der Waals surface area (Å²) in [5, 5.41) is 8.92. The van der Waals surface area contributed by atoms with Crippen molar-refractivity contribution >= 4 is 47.7 Å². The van der Waals surface area contributed by atoms with Crippen molar-refractivity contribution in [2.24, 2.45) is 0 Å². The Hall–Kier alpha value is -1.35. The molecule has 0 aromatic carbocycles. The number of hydrogen-bond acceptors (Lipinski definition) is 7. The molecule has 0 bridgehead atoms. The van der Waals surface area contributed by atoms with Gasteiger partial charge in [-0.25, -0.2) is 9.97 Å². The number of nitrogens with one attached hydrogen (secondary N) is 1. The zero-order valence-electron chi connectivity index (χ0n) is 11.4. The zero-order valence-corrected chi connectivity index (χ0v) is 13.0. The second-order valence-electron chi connectivity index (χ2n) is 4.57. The Balaban J connectivity index is 0.00000110. The molecule has 1 aliphatic rings. The van der Waals surface area contributed by atoms with E-state index < -0.39 is 0 Å². The van der Waals surface area contributed by atoms with E-state index in [2.05, 4.69) is 29.7 Å². The van der Waals surface area contributed by atoms with Crippen LogP contribution in [0.3, 0.4) is 0 Å². The van der Waals surface area contributed by atoms with Gasteiger partial charge in [0, 0.05) is 32.7 Å². The van der Waals surface area contributed by atoms with Crippen molar-refractivity contribution in [2.45, 2.75) is 0 Å². The third-order valence-electron chi connectivity index (χ3n) is 3.39. The summed E-state index contributed by atoms with van der Waals surface area (Å²) in [4.78, 5) is 20.0. The van der Waals surface area contributed by atoms with Crippen LogP contribution in [0.1, 0.15) is 0 Å². The molecule has 8 nitrogen and oxygen atoms in total. The molecular weight excluding hydrogens is 317 g/mol. The lowest BCUT2D eigenvalue weighted by atomic mass is 10.3. The molecule has 118 valence electrons. The lowest BCUT2D eigenvalue weighted by Crippen LogP contribution is -2.47. The van der Waals surface area contributed by atoms with Crippen molar-refractivity contribution < 1.29 is 5.11 Å². The number of β-amino-alcohol motifs (C(OH)–C–C–N with tert-alkyl or cyclic N) is 1. The van der Waals surface area contributed by atoms with Crippen LogP contribution in [0.2, 0.25) is 0 Å². The van der Waals surface area contributed by atoms with Crippen molar-refractivity contribution in [1.82, 2.24) is 24.8 Å². The zero-order chi connectivity index (χ0) is 13.2. The van der Waals surface area contributed by atoms with E-state index in [0.717, 1.165) is 38.7 Å². The molecule has 10 heteroatoms. The third-order valence-corrected chi connectivity index (χ3v) is 3.39. The van der Waals surface area contributed by atoms with Gasteiger partial charge >= 0.3 is 0 Å². The van der Waals surface area contributed by atoms with Crippen LogP contribution in [0.25, 0.3) is 11.2 Å². The summed E-state index contributed by atoms with van der Waals surface area (Å²) in [5.41, 5.74) is 7.07. The lowest BCUT2D eigenvalue weighted by Gasteiger charge is -2.34. The van der Waals surface area contributed by atoms with Crippen LogP contribution in [0, 0.1) is 0 Å². The van der Waals surface area contributed by atoms with Crippen LogP contribution in [-0.2, 0) is 0 Å². The largest absolute Gasteiger partial charge is 0.395 e. The first-order valence-electron chi connectivity index (χ1n) is 6.32. The Kier molecular flexibility index (Phi) is 6.41. The van der Waals surface area contributed by atoms with Crippen LogP contribution >= 0.6 is 24.8 Å². The molecule has 1 fully saturated rings. The van der Waals surface area contributed by atoms with Crippen molar-refractivity contribution in [1.29, 1.82) is 0 Å². The standard InChI is InChI=1S/C11H17N7O.2ClH/c12-9-8-10(14-7-13-9)16-11(15-8)18-3-1-17(2-4-18)5-6-19;;/h7,19H,1-6H2,(H3,12,13,14,15,16);2*1H. The maximum absolute atomic E-state index is 8.92. The fraction of sp³-hybridized carbons (Fsp3) is 0.545. The minimum Gasteiger partial charge on any atom is -0.395 e. The molecule has 0 atom stereocenters. The maximum atomic E-state index is 8.92. The second kappa shape index (κ2) is 7.60. The van der Waals surface area contributed by atoms with Gasteiger partial charge in [0.25, 0.3) is 0 Å². The Morgan fingerprint density at radius 1 is 1.19 bits per heavy atom. The number of nitrogens with two attached hydrogens (primary N) is 1. The van der Waals surface area contributed by atoms with Crippen molar-refractivity contribution in [3.8, 4) is 0 Å². The minimum atomic E-state index is 0. The van der Waals surface area contributed by atoms with Crippen molar-refractivity contribution in [3.63, 3.8) is 0 Å². The average Bonchev–Trinajstić information content (AvgIpc) is 2.85. The predicted molar refractivity (Wildman–Crippen MR) is 86.3 cm³/mol. The number of rotatable bonds is 3. The minimum absolute atomic E-state index is 0. The Morgan fingerprint density at radius 2 is 1.90 bits per heavy atom. The van der Waals surface area contributed by atoms with Crippen molar-refractivity contribution in [3.05, 3.63) is 6.33 Å². The molecule has 0 amide bonds. The first-order valence-corrected chi connectivity index (χ1v) is 6.32. The molecule has 0 spiro atoms. The summed E-state index contributed by atoms with van der Waals surface area (Å²) >= 11 is 0. The Morgan fingerprint density at radius 3 is 2.52 bits per heavy atom. The molecule has 0 aliphatic carbocycles. The van der Waals surface area contributed by atoms with Crippen LogP contribution in [0.15, 0.2) is 6.33 Å². The molecule has 1 aliphatic heterocycles. The van der Waals surface area contributed by atoms with Crippen LogP contribution in [0.5, 0.6) is 0 Å². The van der Waals surface area contributed by atoms with Gasteiger partial charge in [0.2, 0.25) is 5.95 Å². The fourth-order valence-corrected chi connectivity index (χ4v) is 2.31. The molecular formula is C11H19Cl2N7O. The quantitative estimate of drug-likeness (QED) is 0.718. The number of nitrogens with zero attached hydrogens (tertiary/aromatic N) is 5. The number of aromatic nitrogens is 4. The van der Waals surface area contributed by atoms with E-state index in [1.807, 2.05) is 0 Å². The van der Waals surface area contributed by atoms with Gasteiger partial charge < -0.3 is 20.7 Å². The number of aromatic amines is 1. The number of aliphatic hydroxyl groups excluding tert-OH is 1. The summed E-state index contributed by atoms with van der Waals surface area (Å²) in [6.45, 7) is 4.50. The number of hydrogen-bond donors (Lipinski definition) is 3. The number of halogens is 2. The highest BCUT2D eigenvalue weighted by Gasteiger charge is 2.19. The van der Waals surface area contributed by atoms with Gasteiger partial charge in [-0.05, 0) is 0 Å².